The van der Waals surface area contributed by atoms with Crippen LogP contribution in [0.4, 0.5) is 19.0 Å². The fraction of sp³-hybridized carbons (Fsp3) is 0.353. The zero-order valence-electron chi connectivity index (χ0n) is 14.4. The molecule has 2 heterocycles. The minimum atomic E-state index is -4.58. The van der Waals surface area contributed by atoms with Crippen molar-refractivity contribution in [2.45, 2.75) is 33.5 Å². The molecule has 5 nitrogen and oxygen atoms in total. The smallest absolute Gasteiger partial charge is 0.307 e. The number of hydrogen-bond acceptors (Lipinski definition) is 3. The Labute approximate surface area is 153 Å². The molecule has 1 amide bonds. The zero-order chi connectivity index (χ0) is 19.5. The lowest BCUT2D eigenvalue weighted by molar-refractivity contribution is -0.141. The summed E-state index contributed by atoms with van der Waals surface area (Å²) < 4.78 is 39.6. The molecule has 0 spiro atoms. The monoisotopic (exact) mass is 386 g/mol. The summed E-state index contributed by atoms with van der Waals surface area (Å²) in [6.07, 6.45) is -1.92. The van der Waals surface area contributed by atoms with Crippen molar-refractivity contribution in [3.8, 4) is 0 Å². The third-order valence-electron chi connectivity index (χ3n) is 3.34. The molecule has 0 aliphatic carbocycles. The van der Waals surface area contributed by atoms with E-state index >= 15 is 0 Å². The van der Waals surface area contributed by atoms with Crippen molar-refractivity contribution in [3.63, 3.8) is 0 Å². The van der Waals surface area contributed by atoms with Crippen molar-refractivity contribution in [1.82, 2.24) is 14.8 Å². The van der Waals surface area contributed by atoms with E-state index < -0.39 is 17.8 Å². The molecular weight excluding hydrogens is 369 g/mol. The van der Waals surface area contributed by atoms with Gasteiger partial charge in [-0.3, -0.25) is 9.48 Å². The number of aryl methyl sites for hydroxylation is 1. The minimum absolute atomic E-state index is 0.187. The number of anilines is 1. The molecule has 0 aliphatic rings. The molecule has 0 fully saturated rings. The fourth-order valence-electron chi connectivity index (χ4n) is 2.21. The summed E-state index contributed by atoms with van der Waals surface area (Å²) in [5.41, 5.74) is 0.157. The van der Waals surface area contributed by atoms with Gasteiger partial charge in [0, 0.05) is 18.2 Å². The first-order chi connectivity index (χ1) is 12.1. The molecule has 0 saturated carbocycles. The van der Waals surface area contributed by atoms with Crippen LogP contribution in [0, 0.1) is 12.8 Å². The molecule has 2 aromatic heterocycles. The maximum absolute atomic E-state index is 12.6. The highest BCUT2D eigenvalue weighted by atomic mass is 35.5. The number of carbonyl (C=O) groups excluding carboxylic acids is 1. The molecule has 9 heteroatoms. The van der Waals surface area contributed by atoms with Crippen LogP contribution >= 0.6 is 11.6 Å². The Bertz CT molecular complexity index is 828. The van der Waals surface area contributed by atoms with Gasteiger partial charge in [0.2, 0.25) is 5.91 Å². The first kappa shape index (κ1) is 20.0. The molecule has 0 aromatic carbocycles. The van der Waals surface area contributed by atoms with Crippen LogP contribution in [0.25, 0.3) is 6.08 Å². The topological polar surface area (TPSA) is 59.8 Å². The molecular formula is C17H18ClF3N4O. The Morgan fingerprint density at radius 2 is 2.08 bits per heavy atom. The lowest BCUT2D eigenvalue weighted by Crippen LogP contribution is -2.13. The Hall–Kier alpha value is -2.35. The van der Waals surface area contributed by atoms with Gasteiger partial charge in [-0.05, 0) is 31.1 Å². The Morgan fingerprint density at radius 1 is 1.38 bits per heavy atom. The molecule has 1 N–H and O–H groups in total. The van der Waals surface area contributed by atoms with Crippen LogP contribution in [0.2, 0.25) is 5.15 Å². The molecule has 0 aliphatic heterocycles. The molecule has 0 radical (unpaired) electrons. The molecule has 0 unspecified atom stereocenters. The molecule has 0 saturated heterocycles. The van der Waals surface area contributed by atoms with Crippen LogP contribution in [-0.2, 0) is 17.5 Å². The summed E-state index contributed by atoms with van der Waals surface area (Å²) in [5, 5.41) is 7.01. The van der Waals surface area contributed by atoms with E-state index in [-0.39, 0.29) is 5.82 Å². The predicted molar refractivity (Wildman–Crippen MR) is 93.7 cm³/mol. The number of hydrogen-bond donors (Lipinski definition) is 1. The van der Waals surface area contributed by atoms with Gasteiger partial charge in [-0.25, -0.2) is 4.98 Å². The standard InChI is InChI=1S/C17H18ClF3N4O/c1-10(2)9-25-16(18)12(11(3)24-25)7-8-15(26)23-14-6-4-5-13(22-14)17(19,20)21/h4-8,10H,9H2,1-3H3,(H,22,23,26). The van der Waals surface area contributed by atoms with Crippen molar-refractivity contribution in [2.75, 3.05) is 5.32 Å². The average Bonchev–Trinajstić information content (AvgIpc) is 2.78. The normalized spacial score (nSPS) is 12.2. The van der Waals surface area contributed by atoms with Gasteiger partial charge in [0.15, 0.2) is 0 Å². The number of nitrogens with one attached hydrogen (secondary N) is 1. The van der Waals surface area contributed by atoms with E-state index in [0.717, 1.165) is 6.07 Å². The molecule has 2 aromatic rings. The van der Waals surface area contributed by atoms with E-state index in [1.807, 2.05) is 13.8 Å². The van der Waals surface area contributed by atoms with Crippen LogP contribution < -0.4 is 5.32 Å². The van der Waals surface area contributed by atoms with E-state index in [2.05, 4.69) is 15.4 Å². The van der Waals surface area contributed by atoms with Crippen LogP contribution in [0.15, 0.2) is 24.3 Å². The molecule has 0 bridgehead atoms. The maximum atomic E-state index is 12.6. The third-order valence-corrected chi connectivity index (χ3v) is 3.74. The van der Waals surface area contributed by atoms with Crippen LogP contribution in [0.1, 0.15) is 30.8 Å². The van der Waals surface area contributed by atoms with Crippen LogP contribution in [-0.4, -0.2) is 20.7 Å². The van der Waals surface area contributed by atoms with Gasteiger partial charge in [0.05, 0.1) is 5.69 Å². The maximum Gasteiger partial charge on any atom is 0.433 e. The average molecular weight is 387 g/mol. The number of alkyl halides is 3. The lowest BCUT2D eigenvalue weighted by atomic mass is 10.2. The largest absolute Gasteiger partial charge is 0.433 e. The van der Waals surface area contributed by atoms with Crippen molar-refractivity contribution < 1.29 is 18.0 Å². The van der Waals surface area contributed by atoms with Gasteiger partial charge < -0.3 is 5.32 Å². The Kier molecular flexibility index (Phi) is 6.07. The van der Waals surface area contributed by atoms with Crippen LogP contribution in [0.5, 0.6) is 0 Å². The van der Waals surface area contributed by atoms with Crippen molar-refractivity contribution in [2.24, 2.45) is 5.92 Å². The van der Waals surface area contributed by atoms with Crippen molar-refractivity contribution in [3.05, 3.63) is 46.4 Å². The zero-order valence-corrected chi connectivity index (χ0v) is 15.2. The molecule has 2 rings (SSSR count). The summed E-state index contributed by atoms with van der Waals surface area (Å²) in [7, 11) is 0. The molecule has 26 heavy (non-hydrogen) atoms. The van der Waals surface area contributed by atoms with Gasteiger partial charge in [-0.2, -0.15) is 18.3 Å². The first-order valence-electron chi connectivity index (χ1n) is 7.84. The van der Waals surface area contributed by atoms with Gasteiger partial charge in [0.1, 0.15) is 16.7 Å². The number of carbonyl (C=O) groups is 1. The highest BCUT2D eigenvalue weighted by Crippen LogP contribution is 2.28. The van der Waals surface area contributed by atoms with E-state index in [9.17, 15) is 18.0 Å². The summed E-state index contributed by atoms with van der Waals surface area (Å²) >= 11 is 6.27. The summed E-state index contributed by atoms with van der Waals surface area (Å²) in [6.45, 7) is 6.44. The summed E-state index contributed by atoms with van der Waals surface area (Å²) in [6, 6.07) is 3.28. The third kappa shape index (κ3) is 5.08. The number of nitrogens with zero attached hydrogens (tertiary/aromatic N) is 3. The second-order valence-corrected chi connectivity index (χ2v) is 6.45. The quantitative estimate of drug-likeness (QED) is 0.766. The van der Waals surface area contributed by atoms with E-state index in [1.165, 1.54) is 24.3 Å². The number of aromatic nitrogens is 3. The van der Waals surface area contributed by atoms with Gasteiger partial charge in [-0.1, -0.05) is 31.5 Å². The van der Waals surface area contributed by atoms with E-state index in [1.54, 1.807) is 11.6 Å². The summed E-state index contributed by atoms with van der Waals surface area (Å²) in [5.74, 6) is -0.462. The van der Waals surface area contributed by atoms with Gasteiger partial charge in [0.25, 0.3) is 0 Å². The SMILES string of the molecule is Cc1nn(CC(C)C)c(Cl)c1C=CC(=O)Nc1cccc(C(F)(F)F)n1. The highest BCUT2D eigenvalue weighted by molar-refractivity contribution is 6.31. The molecule has 140 valence electrons. The number of rotatable bonds is 5. The number of halogens is 4. The van der Waals surface area contributed by atoms with Gasteiger partial charge in [-0.15, -0.1) is 0 Å². The molecule has 0 atom stereocenters. The minimum Gasteiger partial charge on any atom is -0.307 e. The summed E-state index contributed by atoms with van der Waals surface area (Å²) in [4.78, 5) is 15.3. The van der Waals surface area contributed by atoms with E-state index in [4.69, 9.17) is 11.6 Å². The highest BCUT2D eigenvalue weighted by Gasteiger charge is 2.32. The Balaban J connectivity index is 2.12. The van der Waals surface area contributed by atoms with Gasteiger partial charge >= 0.3 is 6.18 Å². The lowest BCUT2D eigenvalue weighted by Gasteiger charge is -2.07. The van der Waals surface area contributed by atoms with Crippen LogP contribution in [0.3, 0.4) is 0 Å². The van der Waals surface area contributed by atoms with Crippen molar-refractivity contribution >= 4 is 29.4 Å². The van der Waals surface area contributed by atoms with E-state index in [0.29, 0.717) is 28.9 Å². The first-order valence-corrected chi connectivity index (χ1v) is 8.22. The fourth-order valence-corrected chi connectivity index (χ4v) is 2.52. The number of amides is 1. The second kappa shape index (κ2) is 7.90. The predicted octanol–water partition coefficient (Wildman–Crippen LogP) is 4.57. The second-order valence-electron chi connectivity index (χ2n) is 6.09. The number of pyridine rings is 1. The Morgan fingerprint density at radius 3 is 2.69 bits per heavy atom. The van der Waals surface area contributed by atoms with Crippen molar-refractivity contribution in [1.29, 1.82) is 0 Å².